The van der Waals surface area contributed by atoms with E-state index in [1.165, 1.54) is 23.5 Å². The van der Waals surface area contributed by atoms with Crippen LogP contribution in [0.25, 0.3) is 0 Å². The average molecular weight is 364 g/mol. The second kappa shape index (κ2) is 8.20. The van der Waals surface area contributed by atoms with Gasteiger partial charge in [0.15, 0.2) is 0 Å². The van der Waals surface area contributed by atoms with E-state index in [1.54, 1.807) is 26.0 Å². The smallest absolute Gasteiger partial charge is 0.303 e. The van der Waals surface area contributed by atoms with Crippen molar-refractivity contribution in [3.63, 3.8) is 0 Å². The number of aromatic nitrogens is 1. The maximum absolute atomic E-state index is 12.9. The predicted octanol–water partition coefficient (Wildman–Crippen LogP) is 3.18. The summed E-state index contributed by atoms with van der Waals surface area (Å²) in [6, 6.07) is 6.26. The number of aliphatic carboxylic acids is 1. The second-order valence-electron chi connectivity index (χ2n) is 6.54. The van der Waals surface area contributed by atoms with Crippen molar-refractivity contribution in [2.45, 2.75) is 45.1 Å². The summed E-state index contributed by atoms with van der Waals surface area (Å²) in [5, 5.41) is 14.3. The number of benzene rings is 1. The fourth-order valence-corrected chi connectivity index (χ4v) is 3.18. The maximum Gasteiger partial charge on any atom is 0.303 e. The molecule has 2 rings (SSSR count). The van der Waals surface area contributed by atoms with Gasteiger partial charge in [0.1, 0.15) is 5.82 Å². The summed E-state index contributed by atoms with van der Waals surface area (Å²) in [5.74, 6) is -1.34. The fraction of sp³-hybridized carbons (Fsp3) is 0.389. The lowest BCUT2D eigenvalue weighted by atomic mass is 9.98. The van der Waals surface area contributed by atoms with Gasteiger partial charge >= 0.3 is 5.97 Å². The third-order valence-corrected chi connectivity index (χ3v) is 4.55. The summed E-state index contributed by atoms with van der Waals surface area (Å²) >= 11 is 1.46. The number of rotatable bonds is 8. The molecule has 0 aliphatic heterocycles. The SMILES string of the molecule is CC(C)(CCC(=O)O)NC(=O)Cc1csc(Cc2ccc(F)cc2)n1. The summed E-state index contributed by atoms with van der Waals surface area (Å²) < 4.78 is 12.9. The number of thiazole rings is 1. The number of amides is 1. The summed E-state index contributed by atoms with van der Waals surface area (Å²) in [6.07, 6.45) is 1.11. The zero-order valence-electron chi connectivity index (χ0n) is 14.2. The van der Waals surface area contributed by atoms with E-state index in [4.69, 9.17) is 5.11 Å². The molecule has 0 fully saturated rings. The zero-order chi connectivity index (χ0) is 18.4. The lowest BCUT2D eigenvalue weighted by Gasteiger charge is -2.25. The van der Waals surface area contributed by atoms with Gasteiger partial charge in [-0.25, -0.2) is 9.37 Å². The van der Waals surface area contributed by atoms with E-state index < -0.39 is 11.5 Å². The largest absolute Gasteiger partial charge is 0.481 e. The molecule has 5 nitrogen and oxygen atoms in total. The van der Waals surface area contributed by atoms with Gasteiger partial charge in [-0.05, 0) is 38.0 Å². The van der Waals surface area contributed by atoms with Gasteiger partial charge in [-0.1, -0.05) is 12.1 Å². The van der Waals surface area contributed by atoms with Crippen molar-refractivity contribution in [3.05, 3.63) is 51.7 Å². The van der Waals surface area contributed by atoms with E-state index in [1.807, 2.05) is 5.38 Å². The molecule has 0 bridgehead atoms. The molecule has 0 saturated carbocycles. The van der Waals surface area contributed by atoms with E-state index in [0.29, 0.717) is 18.5 Å². The van der Waals surface area contributed by atoms with Crippen LogP contribution in [0.1, 0.15) is 43.0 Å². The molecule has 0 spiro atoms. The molecule has 0 atom stereocenters. The van der Waals surface area contributed by atoms with E-state index in [-0.39, 0.29) is 24.6 Å². The normalized spacial score (nSPS) is 11.3. The Bertz CT molecular complexity index is 741. The van der Waals surface area contributed by atoms with Gasteiger partial charge in [0.05, 0.1) is 17.1 Å². The number of nitrogens with zero attached hydrogens (tertiary/aromatic N) is 1. The number of nitrogens with one attached hydrogen (secondary N) is 1. The van der Waals surface area contributed by atoms with Gasteiger partial charge in [-0.2, -0.15) is 0 Å². The molecule has 1 amide bonds. The van der Waals surface area contributed by atoms with Gasteiger partial charge in [0.2, 0.25) is 5.91 Å². The van der Waals surface area contributed by atoms with Crippen LogP contribution in [0.3, 0.4) is 0 Å². The molecule has 1 aromatic heterocycles. The van der Waals surface area contributed by atoms with Crippen LogP contribution in [0.4, 0.5) is 4.39 Å². The van der Waals surface area contributed by atoms with Crippen molar-refractivity contribution in [2.75, 3.05) is 0 Å². The van der Waals surface area contributed by atoms with Crippen molar-refractivity contribution in [1.29, 1.82) is 0 Å². The lowest BCUT2D eigenvalue weighted by Crippen LogP contribution is -2.44. The minimum atomic E-state index is -0.882. The van der Waals surface area contributed by atoms with Gasteiger partial charge in [-0.3, -0.25) is 9.59 Å². The summed E-state index contributed by atoms with van der Waals surface area (Å²) in [5.41, 5.74) is 1.05. The number of hydrogen-bond donors (Lipinski definition) is 2. The van der Waals surface area contributed by atoms with Crippen LogP contribution >= 0.6 is 11.3 Å². The molecule has 25 heavy (non-hydrogen) atoms. The Morgan fingerprint density at radius 1 is 1.28 bits per heavy atom. The van der Waals surface area contributed by atoms with Crippen molar-refractivity contribution in [1.82, 2.24) is 10.3 Å². The van der Waals surface area contributed by atoms with Crippen LogP contribution in [0.5, 0.6) is 0 Å². The van der Waals surface area contributed by atoms with Gasteiger partial charge < -0.3 is 10.4 Å². The Labute approximate surface area is 149 Å². The first-order chi connectivity index (χ1) is 11.7. The minimum absolute atomic E-state index is 0.00575. The summed E-state index contributed by atoms with van der Waals surface area (Å²) in [7, 11) is 0. The van der Waals surface area contributed by atoms with Crippen molar-refractivity contribution >= 4 is 23.2 Å². The molecule has 0 saturated heterocycles. The minimum Gasteiger partial charge on any atom is -0.481 e. The van der Waals surface area contributed by atoms with Crippen molar-refractivity contribution in [2.24, 2.45) is 0 Å². The Kier molecular flexibility index (Phi) is 6.25. The highest BCUT2D eigenvalue weighted by Crippen LogP contribution is 2.17. The van der Waals surface area contributed by atoms with E-state index in [0.717, 1.165) is 10.6 Å². The third-order valence-electron chi connectivity index (χ3n) is 3.65. The molecule has 0 radical (unpaired) electrons. The van der Waals surface area contributed by atoms with E-state index in [9.17, 15) is 14.0 Å². The van der Waals surface area contributed by atoms with E-state index in [2.05, 4.69) is 10.3 Å². The highest BCUT2D eigenvalue weighted by Gasteiger charge is 2.22. The Morgan fingerprint density at radius 3 is 2.60 bits per heavy atom. The van der Waals surface area contributed by atoms with Gasteiger partial charge in [0.25, 0.3) is 0 Å². The Balaban J connectivity index is 1.88. The topological polar surface area (TPSA) is 79.3 Å². The first kappa shape index (κ1) is 19.1. The molecular formula is C18H21FN2O3S. The first-order valence-electron chi connectivity index (χ1n) is 7.94. The van der Waals surface area contributed by atoms with Crippen LogP contribution < -0.4 is 5.32 Å². The van der Waals surface area contributed by atoms with Gasteiger partial charge in [0, 0.05) is 23.8 Å². The first-order valence-corrected chi connectivity index (χ1v) is 8.82. The third kappa shape index (κ3) is 6.62. The van der Waals surface area contributed by atoms with E-state index >= 15 is 0 Å². The van der Waals surface area contributed by atoms with Crippen LogP contribution in [0, 0.1) is 5.82 Å². The highest BCUT2D eigenvalue weighted by atomic mass is 32.1. The number of carbonyl (C=O) groups excluding carboxylic acids is 1. The zero-order valence-corrected chi connectivity index (χ0v) is 15.0. The standard InChI is InChI=1S/C18H21FN2O3S/c1-18(2,8-7-17(23)24)21-15(22)10-14-11-25-16(20-14)9-12-3-5-13(19)6-4-12/h3-6,11H,7-10H2,1-2H3,(H,21,22)(H,23,24). The monoisotopic (exact) mass is 364 g/mol. The van der Waals surface area contributed by atoms with Crippen LogP contribution in [-0.2, 0) is 22.4 Å². The van der Waals surface area contributed by atoms with Crippen LogP contribution in [0.2, 0.25) is 0 Å². The molecule has 1 aromatic carbocycles. The Hall–Kier alpha value is -2.28. The lowest BCUT2D eigenvalue weighted by molar-refractivity contribution is -0.137. The number of carboxylic acid groups (broad SMARTS) is 1. The molecule has 7 heteroatoms. The average Bonchev–Trinajstić information content (AvgIpc) is 2.94. The molecule has 134 valence electrons. The second-order valence-corrected chi connectivity index (χ2v) is 7.48. The summed E-state index contributed by atoms with van der Waals surface area (Å²) in [4.78, 5) is 27.2. The molecular weight excluding hydrogens is 343 g/mol. The molecule has 1 heterocycles. The van der Waals surface area contributed by atoms with Crippen LogP contribution in [-0.4, -0.2) is 27.5 Å². The number of carboxylic acids is 1. The maximum atomic E-state index is 12.9. The summed E-state index contributed by atoms with van der Waals surface area (Å²) in [6.45, 7) is 3.60. The molecule has 2 N–H and O–H groups in total. The van der Waals surface area contributed by atoms with Crippen molar-refractivity contribution in [3.8, 4) is 0 Å². The predicted molar refractivity (Wildman–Crippen MR) is 94.1 cm³/mol. The highest BCUT2D eigenvalue weighted by molar-refractivity contribution is 7.09. The number of halogens is 1. The molecule has 0 aliphatic carbocycles. The number of carbonyl (C=O) groups is 2. The Morgan fingerprint density at radius 2 is 1.96 bits per heavy atom. The molecule has 2 aromatic rings. The van der Waals surface area contributed by atoms with Gasteiger partial charge in [-0.15, -0.1) is 11.3 Å². The van der Waals surface area contributed by atoms with Crippen LogP contribution in [0.15, 0.2) is 29.6 Å². The molecule has 0 unspecified atom stereocenters. The molecule has 0 aliphatic rings. The number of hydrogen-bond acceptors (Lipinski definition) is 4. The fourth-order valence-electron chi connectivity index (χ4n) is 2.36. The quantitative estimate of drug-likeness (QED) is 0.754. The van der Waals surface area contributed by atoms with Crippen molar-refractivity contribution < 1.29 is 19.1 Å².